The van der Waals surface area contributed by atoms with Crippen molar-refractivity contribution in [2.45, 2.75) is 39.9 Å². The van der Waals surface area contributed by atoms with Crippen LogP contribution in [0.2, 0.25) is 5.02 Å². The molecule has 0 saturated carbocycles. The summed E-state index contributed by atoms with van der Waals surface area (Å²) < 4.78 is 11.3. The van der Waals surface area contributed by atoms with E-state index in [-0.39, 0.29) is 12.0 Å². The summed E-state index contributed by atoms with van der Waals surface area (Å²) in [6, 6.07) is 12.6. The van der Waals surface area contributed by atoms with Gasteiger partial charge in [0.15, 0.2) is 6.10 Å². The first-order chi connectivity index (χ1) is 11.3. The Kier molecular flexibility index (Phi) is 6.10. The van der Waals surface area contributed by atoms with Crippen LogP contribution in [0.1, 0.15) is 26.3 Å². The first kappa shape index (κ1) is 18.1. The van der Waals surface area contributed by atoms with Gasteiger partial charge in [0.25, 0.3) is 5.91 Å². The average molecular weight is 348 g/mol. The van der Waals surface area contributed by atoms with Crippen molar-refractivity contribution < 1.29 is 14.3 Å². The fraction of sp³-hybridized carbons (Fsp3) is 0.316. The summed E-state index contributed by atoms with van der Waals surface area (Å²) >= 11 is 5.92. The Hall–Kier alpha value is -2.20. The lowest BCUT2D eigenvalue weighted by molar-refractivity contribution is -0.122. The summed E-state index contributed by atoms with van der Waals surface area (Å²) in [5.74, 6) is 1.19. The van der Waals surface area contributed by atoms with E-state index >= 15 is 0 Å². The van der Waals surface area contributed by atoms with Crippen LogP contribution in [0.15, 0.2) is 42.5 Å². The van der Waals surface area contributed by atoms with E-state index in [1.807, 2.05) is 32.9 Å². The zero-order valence-electron chi connectivity index (χ0n) is 14.3. The third kappa shape index (κ3) is 5.17. The maximum atomic E-state index is 12.3. The first-order valence-electron chi connectivity index (χ1n) is 7.85. The minimum Gasteiger partial charge on any atom is -0.491 e. The lowest BCUT2D eigenvalue weighted by Crippen LogP contribution is -2.30. The van der Waals surface area contributed by atoms with Gasteiger partial charge in [-0.15, -0.1) is 0 Å². The zero-order chi connectivity index (χ0) is 17.7. The van der Waals surface area contributed by atoms with E-state index in [1.165, 1.54) is 0 Å². The average Bonchev–Trinajstić information content (AvgIpc) is 2.51. The Morgan fingerprint density at radius 1 is 1.04 bits per heavy atom. The number of anilines is 1. The minimum absolute atomic E-state index is 0.112. The molecule has 0 radical (unpaired) electrons. The molecule has 1 amide bonds. The molecule has 24 heavy (non-hydrogen) atoms. The van der Waals surface area contributed by atoms with Gasteiger partial charge in [0, 0.05) is 10.7 Å². The van der Waals surface area contributed by atoms with Crippen molar-refractivity contribution in [1.82, 2.24) is 0 Å². The van der Waals surface area contributed by atoms with Gasteiger partial charge in [0.2, 0.25) is 0 Å². The Balaban J connectivity index is 1.96. The van der Waals surface area contributed by atoms with Gasteiger partial charge in [-0.25, -0.2) is 0 Å². The number of carbonyl (C=O) groups is 1. The molecule has 0 saturated heterocycles. The van der Waals surface area contributed by atoms with Gasteiger partial charge in [-0.05, 0) is 75.7 Å². The number of rotatable bonds is 6. The standard InChI is InChI=1S/C19H22ClNO3/c1-12(2)23-17-8-6-16(7-9-17)21-19(22)14(4)24-18-10-5-15(20)11-13(18)3/h5-12,14H,1-4H3,(H,21,22)/t14-/m0/s1. The van der Waals surface area contributed by atoms with Gasteiger partial charge in [0.05, 0.1) is 6.10 Å². The molecule has 1 atom stereocenters. The normalized spacial score (nSPS) is 11.9. The summed E-state index contributed by atoms with van der Waals surface area (Å²) in [6.07, 6.45) is -0.516. The second-order valence-electron chi connectivity index (χ2n) is 5.85. The highest BCUT2D eigenvalue weighted by Crippen LogP contribution is 2.23. The van der Waals surface area contributed by atoms with Crippen molar-refractivity contribution in [3.05, 3.63) is 53.1 Å². The SMILES string of the molecule is Cc1cc(Cl)ccc1O[C@@H](C)C(=O)Nc1ccc(OC(C)C)cc1. The molecule has 2 aromatic rings. The maximum Gasteiger partial charge on any atom is 0.265 e. The molecule has 0 aromatic heterocycles. The molecule has 0 bridgehead atoms. The second kappa shape index (κ2) is 8.06. The van der Waals surface area contributed by atoms with Gasteiger partial charge >= 0.3 is 0 Å². The monoisotopic (exact) mass is 347 g/mol. The molecule has 0 spiro atoms. The predicted molar refractivity (Wildman–Crippen MR) is 97.1 cm³/mol. The van der Waals surface area contributed by atoms with E-state index in [0.717, 1.165) is 11.3 Å². The summed E-state index contributed by atoms with van der Waals surface area (Å²) in [4.78, 5) is 12.3. The van der Waals surface area contributed by atoms with Crippen LogP contribution in [0.3, 0.4) is 0 Å². The third-order valence-electron chi connectivity index (χ3n) is 3.30. The molecular formula is C19H22ClNO3. The van der Waals surface area contributed by atoms with Gasteiger partial charge in [-0.2, -0.15) is 0 Å². The molecule has 4 nitrogen and oxygen atoms in total. The summed E-state index contributed by atoms with van der Waals surface area (Å²) in [5.41, 5.74) is 1.58. The zero-order valence-corrected chi connectivity index (χ0v) is 15.1. The number of halogens is 1. The number of hydrogen-bond donors (Lipinski definition) is 1. The smallest absolute Gasteiger partial charge is 0.265 e. The predicted octanol–water partition coefficient (Wildman–Crippen LogP) is 4.84. The van der Waals surface area contributed by atoms with Crippen molar-refractivity contribution >= 4 is 23.2 Å². The van der Waals surface area contributed by atoms with Crippen LogP contribution in [-0.4, -0.2) is 18.1 Å². The van der Waals surface area contributed by atoms with Crippen LogP contribution in [0.4, 0.5) is 5.69 Å². The highest BCUT2D eigenvalue weighted by Gasteiger charge is 2.16. The molecule has 2 aromatic carbocycles. The molecule has 5 heteroatoms. The topological polar surface area (TPSA) is 47.6 Å². The van der Waals surface area contributed by atoms with Crippen LogP contribution in [-0.2, 0) is 4.79 Å². The Morgan fingerprint density at radius 3 is 2.29 bits per heavy atom. The number of hydrogen-bond acceptors (Lipinski definition) is 3. The van der Waals surface area contributed by atoms with Crippen LogP contribution < -0.4 is 14.8 Å². The van der Waals surface area contributed by atoms with Crippen LogP contribution in [0.5, 0.6) is 11.5 Å². The Bertz CT molecular complexity index is 698. The van der Waals surface area contributed by atoms with Crippen molar-refractivity contribution in [2.24, 2.45) is 0 Å². The fourth-order valence-electron chi connectivity index (χ4n) is 2.12. The molecule has 0 heterocycles. The molecule has 2 rings (SSSR count). The van der Waals surface area contributed by atoms with Crippen molar-refractivity contribution in [1.29, 1.82) is 0 Å². The van der Waals surface area contributed by atoms with E-state index in [0.29, 0.717) is 16.5 Å². The third-order valence-corrected chi connectivity index (χ3v) is 3.54. The highest BCUT2D eigenvalue weighted by atomic mass is 35.5. The molecule has 1 N–H and O–H groups in total. The minimum atomic E-state index is -0.628. The van der Waals surface area contributed by atoms with Gasteiger partial charge in [0.1, 0.15) is 11.5 Å². The van der Waals surface area contributed by atoms with Gasteiger partial charge in [-0.3, -0.25) is 4.79 Å². The maximum absolute atomic E-state index is 12.3. The van der Waals surface area contributed by atoms with E-state index in [1.54, 1.807) is 37.3 Å². The lowest BCUT2D eigenvalue weighted by Gasteiger charge is -2.16. The number of ether oxygens (including phenoxy) is 2. The molecule has 0 aliphatic rings. The Labute approximate surface area is 147 Å². The number of aryl methyl sites for hydroxylation is 1. The van der Waals surface area contributed by atoms with Gasteiger partial charge in [-0.1, -0.05) is 11.6 Å². The fourth-order valence-corrected chi connectivity index (χ4v) is 2.35. The van der Waals surface area contributed by atoms with Crippen LogP contribution >= 0.6 is 11.6 Å². The van der Waals surface area contributed by atoms with E-state index in [2.05, 4.69) is 5.32 Å². The van der Waals surface area contributed by atoms with Crippen molar-refractivity contribution in [3.63, 3.8) is 0 Å². The number of carbonyl (C=O) groups excluding carboxylic acids is 1. The number of benzene rings is 2. The molecular weight excluding hydrogens is 326 g/mol. The summed E-state index contributed by atoms with van der Waals surface area (Å²) in [6.45, 7) is 7.53. The number of nitrogens with one attached hydrogen (secondary N) is 1. The van der Waals surface area contributed by atoms with Crippen LogP contribution in [0, 0.1) is 6.92 Å². The van der Waals surface area contributed by atoms with Crippen molar-refractivity contribution in [3.8, 4) is 11.5 Å². The Morgan fingerprint density at radius 2 is 1.71 bits per heavy atom. The van der Waals surface area contributed by atoms with E-state index < -0.39 is 6.10 Å². The quantitative estimate of drug-likeness (QED) is 0.813. The number of amides is 1. The molecule has 0 aliphatic carbocycles. The van der Waals surface area contributed by atoms with Gasteiger partial charge < -0.3 is 14.8 Å². The molecule has 128 valence electrons. The first-order valence-corrected chi connectivity index (χ1v) is 8.23. The van der Waals surface area contributed by atoms with E-state index in [4.69, 9.17) is 21.1 Å². The molecule has 0 aliphatic heterocycles. The summed E-state index contributed by atoms with van der Waals surface area (Å²) in [7, 11) is 0. The lowest BCUT2D eigenvalue weighted by atomic mass is 10.2. The summed E-state index contributed by atoms with van der Waals surface area (Å²) in [5, 5.41) is 3.47. The van der Waals surface area contributed by atoms with E-state index in [9.17, 15) is 4.79 Å². The molecule has 0 fully saturated rings. The highest BCUT2D eigenvalue weighted by molar-refractivity contribution is 6.30. The van der Waals surface area contributed by atoms with Crippen LogP contribution in [0.25, 0.3) is 0 Å². The van der Waals surface area contributed by atoms with Crippen molar-refractivity contribution in [2.75, 3.05) is 5.32 Å². The largest absolute Gasteiger partial charge is 0.491 e. The second-order valence-corrected chi connectivity index (χ2v) is 6.29. The molecule has 0 unspecified atom stereocenters.